The van der Waals surface area contributed by atoms with E-state index in [1.165, 1.54) is 25.7 Å². The summed E-state index contributed by atoms with van der Waals surface area (Å²) in [5.74, 6) is 2.69. The molecule has 0 atom stereocenters. The van der Waals surface area contributed by atoms with Crippen molar-refractivity contribution in [1.82, 2.24) is 15.0 Å². The number of benzene rings is 1. The fourth-order valence-corrected chi connectivity index (χ4v) is 4.08. The summed E-state index contributed by atoms with van der Waals surface area (Å²) >= 11 is 0. The van der Waals surface area contributed by atoms with Gasteiger partial charge in [0.25, 0.3) is 0 Å². The number of hydrogen-bond donors (Lipinski definition) is 1. The number of fused-ring (bicyclic) bond motifs is 2. The molecule has 0 saturated heterocycles. The molecule has 5 nitrogen and oxygen atoms in total. The van der Waals surface area contributed by atoms with E-state index in [2.05, 4.69) is 32.3 Å². The highest BCUT2D eigenvalue weighted by Crippen LogP contribution is 2.34. The Morgan fingerprint density at radius 2 is 2.00 bits per heavy atom. The van der Waals surface area contributed by atoms with Gasteiger partial charge in [-0.1, -0.05) is 31.0 Å². The highest BCUT2D eigenvalue weighted by atomic mass is 15.3. The first-order valence-electron chi connectivity index (χ1n) is 9.08. The maximum atomic E-state index is 4.97. The number of anilines is 2. The molecule has 1 aromatic carbocycles. The minimum absolute atomic E-state index is 0.792. The number of rotatable bonds is 3. The van der Waals surface area contributed by atoms with Gasteiger partial charge in [0.2, 0.25) is 0 Å². The molecule has 5 heteroatoms. The molecule has 126 valence electrons. The Morgan fingerprint density at radius 1 is 1.08 bits per heavy atom. The zero-order valence-corrected chi connectivity index (χ0v) is 14.2. The van der Waals surface area contributed by atoms with E-state index in [1.54, 1.807) is 0 Å². The lowest BCUT2D eigenvalue weighted by atomic mass is 10.1. The van der Waals surface area contributed by atoms with Gasteiger partial charge in [0, 0.05) is 23.7 Å². The average Bonchev–Trinajstić information content (AvgIpc) is 3.31. The van der Waals surface area contributed by atoms with Crippen LogP contribution in [0.2, 0.25) is 0 Å². The summed E-state index contributed by atoms with van der Waals surface area (Å²) in [5, 5.41) is 4.50. The molecule has 5 rings (SSSR count). The Hall–Kier alpha value is -2.69. The van der Waals surface area contributed by atoms with Crippen molar-refractivity contribution in [3.63, 3.8) is 0 Å². The van der Waals surface area contributed by atoms with Gasteiger partial charge in [-0.2, -0.15) is 0 Å². The highest BCUT2D eigenvalue weighted by molar-refractivity contribution is 5.93. The number of pyridine rings is 1. The van der Waals surface area contributed by atoms with Crippen molar-refractivity contribution in [3.05, 3.63) is 42.7 Å². The van der Waals surface area contributed by atoms with Crippen LogP contribution in [-0.2, 0) is 0 Å². The zero-order chi connectivity index (χ0) is 16.6. The third-order valence-corrected chi connectivity index (χ3v) is 5.37. The fraction of sp³-hybridized carbons (Fsp3) is 0.350. The molecular weight excluding hydrogens is 310 g/mol. The largest absolute Gasteiger partial charge is 0.350 e. The maximum Gasteiger partial charge on any atom is 0.173 e. The molecule has 1 saturated carbocycles. The third kappa shape index (κ3) is 2.60. The number of hydrogen-bond acceptors (Lipinski definition) is 5. The van der Waals surface area contributed by atoms with Gasteiger partial charge in [-0.25, -0.2) is 9.97 Å². The van der Waals surface area contributed by atoms with E-state index in [0.717, 1.165) is 52.9 Å². The molecule has 3 heterocycles. The minimum Gasteiger partial charge on any atom is -0.350 e. The summed E-state index contributed by atoms with van der Waals surface area (Å²) in [6, 6.07) is 10.2. The first-order chi connectivity index (χ1) is 12.4. The highest BCUT2D eigenvalue weighted by Gasteiger charge is 2.26. The smallest absolute Gasteiger partial charge is 0.173 e. The van der Waals surface area contributed by atoms with E-state index in [4.69, 9.17) is 4.98 Å². The minimum atomic E-state index is 0.792. The molecular formula is C20H21N5. The predicted molar refractivity (Wildman–Crippen MR) is 101 cm³/mol. The van der Waals surface area contributed by atoms with Gasteiger partial charge < -0.3 is 10.2 Å². The second kappa shape index (κ2) is 5.99. The van der Waals surface area contributed by atoms with Crippen LogP contribution in [0.3, 0.4) is 0 Å². The molecule has 25 heavy (non-hydrogen) atoms. The van der Waals surface area contributed by atoms with Crippen LogP contribution in [-0.4, -0.2) is 28.2 Å². The SMILES string of the molecule is c1cc(-c2cnc3c(n2)N(CC2CCCC2)CN3)c2cccnc2c1. The van der Waals surface area contributed by atoms with Crippen LogP contribution in [0.1, 0.15) is 25.7 Å². The van der Waals surface area contributed by atoms with Crippen LogP contribution in [0.25, 0.3) is 22.2 Å². The second-order valence-electron chi connectivity index (χ2n) is 7.01. The Labute approximate surface area is 147 Å². The van der Waals surface area contributed by atoms with Crippen LogP contribution < -0.4 is 10.2 Å². The van der Waals surface area contributed by atoms with Gasteiger partial charge in [0.15, 0.2) is 11.6 Å². The molecule has 1 fully saturated rings. The van der Waals surface area contributed by atoms with E-state index in [1.807, 2.05) is 30.6 Å². The van der Waals surface area contributed by atoms with Crippen molar-refractivity contribution in [2.45, 2.75) is 25.7 Å². The van der Waals surface area contributed by atoms with Crippen molar-refractivity contribution in [2.75, 3.05) is 23.4 Å². The van der Waals surface area contributed by atoms with Crippen molar-refractivity contribution in [2.24, 2.45) is 5.92 Å². The predicted octanol–water partition coefficient (Wildman–Crippen LogP) is 4.07. The first-order valence-corrected chi connectivity index (χ1v) is 9.08. The van der Waals surface area contributed by atoms with E-state index in [0.29, 0.717) is 0 Å². The van der Waals surface area contributed by atoms with Crippen LogP contribution in [0, 0.1) is 5.92 Å². The van der Waals surface area contributed by atoms with Crippen LogP contribution in [0.5, 0.6) is 0 Å². The van der Waals surface area contributed by atoms with Crippen LogP contribution >= 0.6 is 0 Å². The molecule has 3 aromatic rings. The van der Waals surface area contributed by atoms with Gasteiger partial charge in [-0.05, 0) is 30.9 Å². The van der Waals surface area contributed by atoms with Gasteiger partial charge in [-0.3, -0.25) is 4.98 Å². The van der Waals surface area contributed by atoms with E-state index >= 15 is 0 Å². The molecule has 1 aliphatic heterocycles. The van der Waals surface area contributed by atoms with Gasteiger partial charge >= 0.3 is 0 Å². The third-order valence-electron chi connectivity index (χ3n) is 5.37. The monoisotopic (exact) mass is 331 g/mol. The van der Waals surface area contributed by atoms with Crippen molar-refractivity contribution < 1.29 is 0 Å². The van der Waals surface area contributed by atoms with Crippen molar-refractivity contribution in [1.29, 1.82) is 0 Å². The molecule has 0 unspecified atom stereocenters. The zero-order valence-electron chi connectivity index (χ0n) is 14.2. The number of aromatic nitrogens is 3. The Bertz CT molecular complexity index is 912. The number of nitrogens with one attached hydrogen (secondary N) is 1. The lowest BCUT2D eigenvalue weighted by Gasteiger charge is -2.21. The van der Waals surface area contributed by atoms with Gasteiger partial charge in [-0.15, -0.1) is 0 Å². The lowest BCUT2D eigenvalue weighted by Crippen LogP contribution is -2.28. The molecule has 0 bridgehead atoms. The molecule has 0 amide bonds. The Balaban J connectivity index is 1.53. The molecule has 1 N–H and O–H groups in total. The fourth-order valence-electron chi connectivity index (χ4n) is 4.08. The Morgan fingerprint density at radius 3 is 2.92 bits per heavy atom. The standard InChI is InChI=1S/C20H21N5/c1-2-6-14(5-1)12-25-13-23-19-20(25)24-18(11-22-19)16-7-3-9-17-15(16)8-4-10-21-17/h3-4,7-11,14H,1-2,5-6,12-13H2,(H,22,23). The second-order valence-corrected chi connectivity index (χ2v) is 7.01. The molecule has 0 spiro atoms. The van der Waals surface area contributed by atoms with Crippen molar-refractivity contribution >= 4 is 22.5 Å². The lowest BCUT2D eigenvalue weighted by molar-refractivity contribution is 0.539. The maximum absolute atomic E-state index is 4.97. The quantitative estimate of drug-likeness (QED) is 0.784. The Kier molecular flexibility index (Phi) is 3.51. The summed E-state index contributed by atoms with van der Waals surface area (Å²) < 4.78 is 0. The van der Waals surface area contributed by atoms with Gasteiger partial charge in [0.05, 0.1) is 24.1 Å². The van der Waals surface area contributed by atoms with Crippen molar-refractivity contribution in [3.8, 4) is 11.3 Å². The molecule has 2 aromatic heterocycles. The van der Waals surface area contributed by atoms with E-state index in [9.17, 15) is 0 Å². The van der Waals surface area contributed by atoms with E-state index in [-0.39, 0.29) is 0 Å². The van der Waals surface area contributed by atoms with Crippen LogP contribution in [0.15, 0.2) is 42.7 Å². The molecule has 2 aliphatic rings. The van der Waals surface area contributed by atoms with Crippen LogP contribution in [0.4, 0.5) is 11.6 Å². The molecule has 0 radical (unpaired) electrons. The summed E-state index contributed by atoms with van der Waals surface area (Å²) in [6.07, 6.45) is 9.11. The first kappa shape index (κ1) is 14.6. The molecule has 1 aliphatic carbocycles. The van der Waals surface area contributed by atoms with Gasteiger partial charge in [0.1, 0.15) is 0 Å². The normalized spacial score (nSPS) is 17.0. The average molecular weight is 331 g/mol. The summed E-state index contributed by atoms with van der Waals surface area (Å²) in [5.41, 5.74) is 2.99. The summed E-state index contributed by atoms with van der Waals surface area (Å²) in [6.45, 7) is 1.89. The summed E-state index contributed by atoms with van der Waals surface area (Å²) in [4.78, 5) is 16.4. The summed E-state index contributed by atoms with van der Waals surface area (Å²) in [7, 11) is 0. The van der Waals surface area contributed by atoms with E-state index < -0.39 is 0 Å². The number of nitrogens with zero attached hydrogens (tertiary/aromatic N) is 4. The topological polar surface area (TPSA) is 53.9 Å².